The van der Waals surface area contributed by atoms with Gasteiger partial charge < -0.3 is 5.73 Å². The minimum absolute atomic E-state index is 0.883. The average molecular weight is 253 g/mol. The summed E-state index contributed by atoms with van der Waals surface area (Å²) >= 11 is 2.57. The Morgan fingerprint density at radius 3 is 2.80 bits per heavy atom. The molecule has 0 saturated heterocycles. The van der Waals surface area contributed by atoms with Crippen LogP contribution in [-0.4, -0.2) is 10.5 Å². The predicted octanol–water partition coefficient (Wildman–Crippen LogP) is 2.33. The first-order valence-electron chi connectivity index (χ1n) is 4.17. The first-order chi connectivity index (χ1) is 4.83. The summed E-state index contributed by atoms with van der Waals surface area (Å²) in [5.41, 5.74) is 5.50. The second-order valence-electron chi connectivity index (χ2n) is 3.21. The van der Waals surface area contributed by atoms with Gasteiger partial charge in [-0.1, -0.05) is 35.4 Å². The molecule has 0 heterocycles. The molecule has 0 aromatic carbocycles. The van der Waals surface area contributed by atoms with Crippen molar-refractivity contribution in [1.29, 1.82) is 0 Å². The quantitative estimate of drug-likeness (QED) is 0.593. The maximum atomic E-state index is 5.50. The van der Waals surface area contributed by atoms with E-state index < -0.39 is 0 Å². The van der Waals surface area contributed by atoms with Crippen LogP contribution in [0.15, 0.2) is 0 Å². The fourth-order valence-electron chi connectivity index (χ4n) is 1.72. The third kappa shape index (κ3) is 2.74. The highest BCUT2D eigenvalue weighted by Crippen LogP contribution is 2.30. The maximum absolute atomic E-state index is 5.50. The van der Waals surface area contributed by atoms with Crippen LogP contribution in [0, 0.1) is 5.92 Å². The molecule has 0 aromatic heterocycles. The van der Waals surface area contributed by atoms with Gasteiger partial charge in [-0.15, -0.1) is 0 Å². The van der Waals surface area contributed by atoms with Crippen LogP contribution in [0.2, 0.25) is 0 Å². The van der Waals surface area contributed by atoms with Crippen LogP contribution in [-0.2, 0) is 0 Å². The molecule has 1 aliphatic rings. The molecule has 1 nitrogen and oxygen atoms in total. The Bertz CT molecular complexity index is 93.3. The second kappa shape index (κ2) is 4.54. The zero-order valence-corrected chi connectivity index (χ0v) is 8.51. The van der Waals surface area contributed by atoms with Crippen molar-refractivity contribution in [3.05, 3.63) is 0 Å². The molecular weight excluding hydrogens is 237 g/mol. The third-order valence-electron chi connectivity index (χ3n) is 2.29. The van der Waals surface area contributed by atoms with E-state index in [0.717, 1.165) is 16.4 Å². The van der Waals surface area contributed by atoms with E-state index in [9.17, 15) is 0 Å². The first-order valence-corrected chi connectivity index (χ1v) is 5.41. The molecule has 2 heteroatoms. The fraction of sp³-hybridized carbons (Fsp3) is 1.00. The molecule has 10 heavy (non-hydrogen) atoms. The molecule has 2 N–H and O–H groups in total. The summed E-state index contributed by atoms with van der Waals surface area (Å²) in [4.78, 5) is 0. The van der Waals surface area contributed by atoms with Gasteiger partial charge >= 0.3 is 0 Å². The van der Waals surface area contributed by atoms with E-state index in [1.165, 1.54) is 32.1 Å². The SMILES string of the molecule is NCCC1CCC[C@H](I)C1. The van der Waals surface area contributed by atoms with Gasteiger partial charge in [0.05, 0.1) is 0 Å². The molecule has 1 rings (SSSR count). The Hall–Kier alpha value is 0.690. The van der Waals surface area contributed by atoms with E-state index in [0.29, 0.717) is 0 Å². The highest BCUT2D eigenvalue weighted by atomic mass is 127. The van der Waals surface area contributed by atoms with Gasteiger partial charge in [-0.25, -0.2) is 0 Å². The lowest BCUT2D eigenvalue weighted by molar-refractivity contribution is 0.357. The van der Waals surface area contributed by atoms with E-state index in [4.69, 9.17) is 5.73 Å². The van der Waals surface area contributed by atoms with Crippen molar-refractivity contribution in [2.75, 3.05) is 6.54 Å². The summed E-state index contributed by atoms with van der Waals surface area (Å²) in [6.45, 7) is 0.883. The predicted molar refractivity (Wildman–Crippen MR) is 53.4 cm³/mol. The Morgan fingerprint density at radius 1 is 1.40 bits per heavy atom. The van der Waals surface area contributed by atoms with Crippen molar-refractivity contribution in [1.82, 2.24) is 0 Å². The summed E-state index contributed by atoms with van der Waals surface area (Å²) in [5.74, 6) is 0.945. The van der Waals surface area contributed by atoms with Crippen LogP contribution in [0.4, 0.5) is 0 Å². The average Bonchev–Trinajstić information content (AvgIpc) is 1.88. The molecule has 1 unspecified atom stereocenters. The molecule has 0 bridgehead atoms. The highest BCUT2D eigenvalue weighted by Gasteiger charge is 2.18. The summed E-state index contributed by atoms with van der Waals surface area (Å²) < 4.78 is 0.933. The van der Waals surface area contributed by atoms with E-state index in [-0.39, 0.29) is 0 Å². The standard InChI is InChI=1S/C8H16IN/c9-8-3-1-2-7(6-8)4-5-10/h7-8H,1-6,10H2/t7?,8-/m0/s1. The van der Waals surface area contributed by atoms with Crippen molar-refractivity contribution in [3.8, 4) is 0 Å². The minimum atomic E-state index is 0.883. The fourth-order valence-corrected chi connectivity index (χ4v) is 2.88. The van der Waals surface area contributed by atoms with E-state index in [2.05, 4.69) is 22.6 Å². The zero-order chi connectivity index (χ0) is 7.40. The van der Waals surface area contributed by atoms with Gasteiger partial charge in [0.15, 0.2) is 0 Å². The molecule has 0 amide bonds. The van der Waals surface area contributed by atoms with Crippen LogP contribution in [0.5, 0.6) is 0 Å². The van der Waals surface area contributed by atoms with Crippen molar-refractivity contribution < 1.29 is 0 Å². The van der Waals surface area contributed by atoms with Crippen LogP contribution in [0.25, 0.3) is 0 Å². The van der Waals surface area contributed by atoms with Crippen LogP contribution < -0.4 is 5.73 Å². The molecule has 1 saturated carbocycles. The number of rotatable bonds is 2. The highest BCUT2D eigenvalue weighted by molar-refractivity contribution is 14.1. The summed E-state index contributed by atoms with van der Waals surface area (Å²) in [5, 5.41) is 0. The van der Waals surface area contributed by atoms with Gasteiger partial charge in [0.1, 0.15) is 0 Å². The number of hydrogen-bond donors (Lipinski definition) is 1. The normalized spacial score (nSPS) is 34.2. The molecule has 1 fully saturated rings. The lowest BCUT2D eigenvalue weighted by atomic mass is 9.87. The van der Waals surface area contributed by atoms with Crippen LogP contribution >= 0.6 is 22.6 Å². The van der Waals surface area contributed by atoms with Crippen molar-refractivity contribution in [2.24, 2.45) is 11.7 Å². The molecule has 0 spiro atoms. The van der Waals surface area contributed by atoms with Gasteiger partial charge in [0.25, 0.3) is 0 Å². The molecular formula is C8H16IN. The van der Waals surface area contributed by atoms with Gasteiger partial charge in [-0.3, -0.25) is 0 Å². The Kier molecular flexibility index (Phi) is 3.99. The Balaban J connectivity index is 2.18. The maximum Gasteiger partial charge on any atom is 0.0112 e. The topological polar surface area (TPSA) is 26.0 Å². The van der Waals surface area contributed by atoms with Crippen LogP contribution in [0.1, 0.15) is 32.1 Å². The molecule has 0 aliphatic heterocycles. The van der Waals surface area contributed by atoms with Crippen molar-refractivity contribution >= 4 is 22.6 Å². The smallest absolute Gasteiger partial charge is 0.0112 e. The number of nitrogens with two attached hydrogens (primary N) is 1. The summed E-state index contributed by atoms with van der Waals surface area (Å²) in [7, 11) is 0. The summed E-state index contributed by atoms with van der Waals surface area (Å²) in [6.07, 6.45) is 6.95. The third-order valence-corrected chi connectivity index (χ3v) is 3.43. The van der Waals surface area contributed by atoms with Crippen LogP contribution in [0.3, 0.4) is 0 Å². The lowest BCUT2D eigenvalue weighted by Crippen LogP contribution is -2.17. The largest absolute Gasteiger partial charge is 0.330 e. The zero-order valence-electron chi connectivity index (χ0n) is 6.35. The molecule has 60 valence electrons. The minimum Gasteiger partial charge on any atom is -0.330 e. The first kappa shape index (κ1) is 8.78. The van der Waals surface area contributed by atoms with Gasteiger partial charge in [-0.05, 0) is 31.7 Å². The van der Waals surface area contributed by atoms with E-state index >= 15 is 0 Å². The Morgan fingerprint density at radius 2 is 2.20 bits per heavy atom. The van der Waals surface area contributed by atoms with Crippen molar-refractivity contribution in [2.45, 2.75) is 36.0 Å². The lowest BCUT2D eigenvalue weighted by Gasteiger charge is -2.24. The van der Waals surface area contributed by atoms with E-state index in [1.807, 2.05) is 0 Å². The molecule has 0 aromatic rings. The number of alkyl halides is 1. The second-order valence-corrected chi connectivity index (χ2v) is 4.97. The van der Waals surface area contributed by atoms with Gasteiger partial charge in [-0.2, -0.15) is 0 Å². The number of hydrogen-bond acceptors (Lipinski definition) is 1. The molecule has 0 radical (unpaired) electrons. The molecule has 1 aliphatic carbocycles. The monoisotopic (exact) mass is 253 g/mol. The molecule has 2 atom stereocenters. The van der Waals surface area contributed by atoms with Crippen molar-refractivity contribution in [3.63, 3.8) is 0 Å². The number of halogens is 1. The van der Waals surface area contributed by atoms with Gasteiger partial charge in [0.2, 0.25) is 0 Å². The van der Waals surface area contributed by atoms with Gasteiger partial charge in [0, 0.05) is 3.92 Å². The van der Waals surface area contributed by atoms with E-state index in [1.54, 1.807) is 0 Å². The summed E-state index contributed by atoms with van der Waals surface area (Å²) in [6, 6.07) is 0. The Labute approximate surface area is 76.9 Å².